The van der Waals surface area contributed by atoms with Gasteiger partial charge in [0.15, 0.2) is 0 Å². The summed E-state index contributed by atoms with van der Waals surface area (Å²) in [6.45, 7) is 1.07. The van der Waals surface area contributed by atoms with Crippen molar-refractivity contribution in [2.75, 3.05) is 13.6 Å². The Morgan fingerprint density at radius 2 is 2.30 bits per heavy atom. The van der Waals surface area contributed by atoms with Gasteiger partial charge in [0.25, 0.3) is 0 Å². The van der Waals surface area contributed by atoms with Crippen molar-refractivity contribution < 1.29 is 5.11 Å². The molecule has 60 valence electrons. The van der Waals surface area contributed by atoms with Crippen LogP contribution in [-0.4, -0.2) is 24.8 Å². The summed E-state index contributed by atoms with van der Waals surface area (Å²) in [6, 6.07) is 0. The largest absolute Gasteiger partial charge is 0.393 e. The Balaban J connectivity index is 2.18. The van der Waals surface area contributed by atoms with E-state index in [9.17, 15) is 5.11 Å². The summed E-state index contributed by atoms with van der Waals surface area (Å²) in [5.74, 6) is 0.716. The molecule has 10 heavy (non-hydrogen) atoms. The van der Waals surface area contributed by atoms with Crippen LogP contribution >= 0.6 is 0 Å². The van der Waals surface area contributed by atoms with E-state index in [1.807, 2.05) is 7.05 Å². The molecular formula is C8H17NO. The molecule has 0 amide bonds. The Hall–Kier alpha value is -0.0800. The number of aliphatic hydroxyl groups is 1. The third-order valence-corrected chi connectivity index (χ3v) is 2.25. The highest BCUT2D eigenvalue weighted by atomic mass is 16.3. The second kappa shape index (κ2) is 3.94. The highest BCUT2D eigenvalue weighted by Crippen LogP contribution is 2.23. The summed E-state index contributed by atoms with van der Waals surface area (Å²) >= 11 is 0. The fourth-order valence-electron chi connectivity index (χ4n) is 1.74. The summed E-state index contributed by atoms with van der Waals surface area (Å²) in [5.41, 5.74) is 0. The predicted octanol–water partition coefficient (Wildman–Crippen LogP) is 0.757. The molecule has 1 rings (SSSR count). The van der Waals surface area contributed by atoms with Gasteiger partial charge in [-0.2, -0.15) is 0 Å². The molecule has 1 aliphatic carbocycles. The molecule has 0 saturated heterocycles. The third-order valence-electron chi connectivity index (χ3n) is 2.25. The molecule has 2 nitrogen and oxygen atoms in total. The maximum atomic E-state index is 9.28. The van der Waals surface area contributed by atoms with E-state index in [0.717, 1.165) is 19.4 Å². The van der Waals surface area contributed by atoms with Gasteiger partial charge in [-0.25, -0.2) is 0 Å². The monoisotopic (exact) mass is 143 g/mol. The molecule has 0 spiro atoms. The molecule has 0 aromatic heterocycles. The molecule has 0 aliphatic heterocycles. The minimum Gasteiger partial charge on any atom is -0.393 e. The smallest absolute Gasteiger partial charge is 0.0543 e. The van der Waals surface area contributed by atoms with E-state index >= 15 is 0 Å². The molecule has 2 heteroatoms. The molecule has 0 radical (unpaired) electrons. The molecule has 1 saturated carbocycles. The standard InChI is InChI=1S/C8H17NO/c1-9-6-7-3-2-4-8(10)5-7/h7-10H,2-6H2,1H3. The summed E-state index contributed by atoms with van der Waals surface area (Å²) in [4.78, 5) is 0. The Morgan fingerprint density at radius 3 is 2.90 bits per heavy atom. The van der Waals surface area contributed by atoms with Gasteiger partial charge in [0.2, 0.25) is 0 Å². The lowest BCUT2D eigenvalue weighted by Crippen LogP contribution is -2.27. The van der Waals surface area contributed by atoms with Crippen LogP contribution in [0, 0.1) is 5.92 Å². The fraction of sp³-hybridized carbons (Fsp3) is 1.00. The molecule has 1 fully saturated rings. The SMILES string of the molecule is CNCC1CCCC(O)C1. The van der Waals surface area contributed by atoms with E-state index in [1.165, 1.54) is 12.8 Å². The number of nitrogens with one attached hydrogen (secondary N) is 1. The summed E-state index contributed by atoms with van der Waals surface area (Å²) in [7, 11) is 1.97. The molecule has 0 aromatic carbocycles. The topological polar surface area (TPSA) is 32.3 Å². The van der Waals surface area contributed by atoms with Gasteiger partial charge in [-0.3, -0.25) is 0 Å². The Kier molecular flexibility index (Phi) is 3.16. The van der Waals surface area contributed by atoms with Gasteiger partial charge in [0.05, 0.1) is 6.10 Å². The highest BCUT2D eigenvalue weighted by Gasteiger charge is 2.18. The minimum atomic E-state index is -0.0212. The van der Waals surface area contributed by atoms with Crippen LogP contribution in [0.2, 0.25) is 0 Å². The molecule has 0 heterocycles. The van der Waals surface area contributed by atoms with Gasteiger partial charge in [-0.15, -0.1) is 0 Å². The molecule has 2 atom stereocenters. The van der Waals surface area contributed by atoms with Crippen molar-refractivity contribution in [3.05, 3.63) is 0 Å². The molecular weight excluding hydrogens is 126 g/mol. The van der Waals surface area contributed by atoms with E-state index in [0.29, 0.717) is 5.92 Å². The Bertz CT molecular complexity index is 93.3. The van der Waals surface area contributed by atoms with Crippen LogP contribution in [0.5, 0.6) is 0 Å². The normalized spacial score (nSPS) is 34.2. The minimum absolute atomic E-state index is 0.0212. The van der Waals surface area contributed by atoms with Crippen LogP contribution in [0.1, 0.15) is 25.7 Å². The zero-order valence-corrected chi connectivity index (χ0v) is 6.64. The predicted molar refractivity (Wildman–Crippen MR) is 41.9 cm³/mol. The van der Waals surface area contributed by atoms with E-state index in [2.05, 4.69) is 5.32 Å². The highest BCUT2D eigenvalue weighted by molar-refractivity contribution is 4.72. The van der Waals surface area contributed by atoms with E-state index < -0.39 is 0 Å². The number of hydrogen-bond donors (Lipinski definition) is 2. The van der Waals surface area contributed by atoms with Gasteiger partial charge in [-0.05, 0) is 38.8 Å². The molecule has 0 bridgehead atoms. The van der Waals surface area contributed by atoms with Gasteiger partial charge in [0, 0.05) is 0 Å². The molecule has 2 unspecified atom stereocenters. The van der Waals surface area contributed by atoms with Crippen LogP contribution in [0.15, 0.2) is 0 Å². The molecule has 1 aliphatic rings. The summed E-state index contributed by atoms with van der Waals surface area (Å²) in [6.07, 6.45) is 4.49. The number of rotatable bonds is 2. The van der Waals surface area contributed by atoms with Crippen LogP contribution in [0.4, 0.5) is 0 Å². The quantitative estimate of drug-likeness (QED) is 0.598. The van der Waals surface area contributed by atoms with Crippen molar-refractivity contribution >= 4 is 0 Å². The van der Waals surface area contributed by atoms with Gasteiger partial charge in [-0.1, -0.05) is 6.42 Å². The Morgan fingerprint density at radius 1 is 1.50 bits per heavy atom. The first-order valence-electron chi connectivity index (χ1n) is 4.15. The van der Waals surface area contributed by atoms with Crippen LogP contribution in [0.25, 0.3) is 0 Å². The van der Waals surface area contributed by atoms with Crippen molar-refractivity contribution in [1.82, 2.24) is 5.32 Å². The van der Waals surface area contributed by atoms with E-state index in [1.54, 1.807) is 0 Å². The summed E-state index contributed by atoms with van der Waals surface area (Å²) in [5, 5.41) is 12.4. The van der Waals surface area contributed by atoms with Crippen molar-refractivity contribution in [1.29, 1.82) is 0 Å². The first-order chi connectivity index (χ1) is 4.83. The lowest BCUT2D eigenvalue weighted by Gasteiger charge is -2.25. The maximum absolute atomic E-state index is 9.28. The first-order valence-corrected chi connectivity index (χ1v) is 4.15. The van der Waals surface area contributed by atoms with Gasteiger partial charge >= 0.3 is 0 Å². The number of hydrogen-bond acceptors (Lipinski definition) is 2. The van der Waals surface area contributed by atoms with Crippen LogP contribution in [0.3, 0.4) is 0 Å². The fourth-order valence-corrected chi connectivity index (χ4v) is 1.74. The average molecular weight is 143 g/mol. The van der Waals surface area contributed by atoms with Crippen LogP contribution in [-0.2, 0) is 0 Å². The zero-order valence-electron chi connectivity index (χ0n) is 6.64. The number of aliphatic hydroxyl groups excluding tert-OH is 1. The van der Waals surface area contributed by atoms with Crippen LogP contribution < -0.4 is 5.32 Å². The zero-order chi connectivity index (χ0) is 7.40. The van der Waals surface area contributed by atoms with Crippen molar-refractivity contribution in [3.63, 3.8) is 0 Å². The maximum Gasteiger partial charge on any atom is 0.0543 e. The van der Waals surface area contributed by atoms with Crippen molar-refractivity contribution in [2.24, 2.45) is 5.92 Å². The summed E-state index contributed by atoms with van der Waals surface area (Å²) < 4.78 is 0. The van der Waals surface area contributed by atoms with Crippen molar-refractivity contribution in [3.8, 4) is 0 Å². The third kappa shape index (κ3) is 2.27. The van der Waals surface area contributed by atoms with Gasteiger partial charge < -0.3 is 10.4 Å². The first kappa shape index (κ1) is 8.02. The van der Waals surface area contributed by atoms with E-state index in [4.69, 9.17) is 0 Å². The lowest BCUT2D eigenvalue weighted by molar-refractivity contribution is 0.101. The molecule has 0 aromatic rings. The van der Waals surface area contributed by atoms with Crippen molar-refractivity contribution in [2.45, 2.75) is 31.8 Å². The van der Waals surface area contributed by atoms with E-state index in [-0.39, 0.29) is 6.10 Å². The Labute approximate surface area is 62.6 Å². The second-order valence-electron chi connectivity index (χ2n) is 3.24. The molecule has 2 N–H and O–H groups in total. The second-order valence-corrected chi connectivity index (χ2v) is 3.24. The van der Waals surface area contributed by atoms with Gasteiger partial charge in [0.1, 0.15) is 0 Å². The lowest BCUT2D eigenvalue weighted by atomic mass is 9.87. The average Bonchev–Trinajstić information content (AvgIpc) is 1.88.